The van der Waals surface area contributed by atoms with Crippen LogP contribution in [0.2, 0.25) is 5.02 Å². The van der Waals surface area contributed by atoms with Crippen molar-refractivity contribution < 1.29 is 9.90 Å². The molecule has 0 radical (unpaired) electrons. The second-order valence-electron chi connectivity index (χ2n) is 4.52. The lowest BCUT2D eigenvalue weighted by Crippen LogP contribution is -2.31. The number of carboxylic acids is 1. The van der Waals surface area contributed by atoms with Crippen LogP contribution in [-0.4, -0.2) is 23.7 Å². The third-order valence-corrected chi connectivity index (χ3v) is 3.68. The fourth-order valence-corrected chi connectivity index (χ4v) is 2.52. The normalized spacial score (nSPS) is 19.6. The molecule has 0 saturated carbocycles. The Hall–Kier alpha value is -1.22. The van der Waals surface area contributed by atoms with Gasteiger partial charge in [0, 0.05) is 23.3 Å². The Balaban J connectivity index is 2.20. The number of nitrogens with zero attached hydrogens (tertiary/aromatic N) is 1. The van der Waals surface area contributed by atoms with E-state index in [2.05, 4.69) is 4.90 Å². The number of hydrogen-bond acceptors (Lipinski definition) is 2. The Morgan fingerprint density at radius 3 is 3.00 bits per heavy atom. The number of carboxylic acid groups (broad SMARTS) is 1. The maximum absolute atomic E-state index is 10.8. The van der Waals surface area contributed by atoms with Crippen LogP contribution in [0.3, 0.4) is 0 Å². The molecule has 1 aliphatic rings. The van der Waals surface area contributed by atoms with Crippen LogP contribution in [0.4, 0.5) is 5.69 Å². The lowest BCUT2D eigenvalue weighted by atomic mass is 10.1. The van der Waals surface area contributed by atoms with Crippen molar-refractivity contribution in [3.05, 3.63) is 28.8 Å². The van der Waals surface area contributed by atoms with E-state index in [9.17, 15) is 4.79 Å². The molecular weight excluding hydrogens is 238 g/mol. The molecule has 1 aromatic carbocycles. The van der Waals surface area contributed by atoms with E-state index in [0.29, 0.717) is 0 Å². The van der Waals surface area contributed by atoms with Crippen LogP contribution in [0.5, 0.6) is 0 Å². The number of aliphatic carboxylic acids is 1. The summed E-state index contributed by atoms with van der Waals surface area (Å²) in [7, 11) is 0. The predicted molar refractivity (Wildman–Crippen MR) is 68.8 cm³/mol. The zero-order valence-corrected chi connectivity index (χ0v) is 10.6. The standard InChI is InChI=1S/C13H16ClNO2/c1-9-4-5-11(7-12(9)14)15-6-2-3-10(15)8-13(16)17/h4-5,7,10H,2-3,6,8H2,1H3,(H,16,17). The molecule has 1 fully saturated rings. The number of carbonyl (C=O) groups is 1. The molecule has 1 N–H and O–H groups in total. The Kier molecular flexibility index (Phi) is 3.57. The van der Waals surface area contributed by atoms with Gasteiger partial charge in [-0.3, -0.25) is 4.79 Å². The number of rotatable bonds is 3. The van der Waals surface area contributed by atoms with Crippen molar-refractivity contribution >= 4 is 23.3 Å². The molecule has 1 aromatic rings. The van der Waals surface area contributed by atoms with Gasteiger partial charge >= 0.3 is 5.97 Å². The highest BCUT2D eigenvalue weighted by Crippen LogP contribution is 2.30. The first-order valence-corrected chi connectivity index (χ1v) is 6.20. The van der Waals surface area contributed by atoms with Gasteiger partial charge in [0.15, 0.2) is 0 Å². The van der Waals surface area contributed by atoms with E-state index in [1.54, 1.807) is 0 Å². The van der Waals surface area contributed by atoms with E-state index in [-0.39, 0.29) is 12.5 Å². The molecule has 0 aromatic heterocycles. The molecule has 1 heterocycles. The first-order chi connectivity index (χ1) is 8.08. The van der Waals surface area contributed by atoms with Crippen molar-refractivity contribution in [3.8, 4) is 0 Å². The zero-order valence-electron chi connectivity index (χ0n) is 9.82. The van der Waals surface area contributed by atoms with E-state index < -0.39 is 5.97 Å². The maximum Gasteiger partial charge on any atom is 0.305 e. The number of benzene rings is 1. The van der Waals surface area contributed by atoms with Crippen molar-refractivity contribution in [3.63, 3.8) is 0 Å². The van der Waals surface area contributed by atoms with E-state index in [0.717, 1.165) is 35.7 Å². The Morgan fingerprint density at radius 2 is 2.35 bits per heavy atom. The third kappa shape index (κ3) is 2.72. The SMILES string of the molecule is Cc1ccc(N2CCCC2CC(=O)O)cc1Cl. The average molecular weight is 254 g/mol. The topological polar surface area (TPSA) is 40.5 Å². The second-order valence-corrected chi connectivity index (χ2v) is 4.93. The Labute approximate surface area is 106 Å². The van der Waals surface area contributed by atoms with E-state index in [1.165, 1.54) is 0 Å². The second kappa shape index (κ2) is 4.96. The molecule has 1 saturated heterocycles. The summed E-state index contributed by atoms with van der Waals surface area (Å²) in [5, 5.41) is 9.62. The van der Waals surface area contributed by atoms with Gasteiger partial charge in [0.2, 0.25) is 0 Å². The zero-order chi connectivity index (χ0) is 12.4. The van der Waals surface area contributed by atoms with Gasteiger partial charge in [-0.05, 0) is 37.5 Å². The Bertz CT molecular complexity index is 433. The highest BCUT2D eigenvalue weighted by atomic mass is 35.5. The smallest absolute Gasteiger partial charge is 0.305 e. The van der Waals surface area contributed by atoms with Crippen LogP contribution >= 0.6 is 11.6 Å². The molecule has 2 rings (SSSR count). The molecule has 0 amide bonds. The fourth-order valence-electron chi connectivity index (χ4n) is 2.35. The molecule has 0 bridgehead atoms. The number of hydrogen-bond donors (Lipinski definition) is 1. The molecule has 0 spiro atoms. The molecule has 3 nitrogen and oxygen atoms in total. The van der Waals surface area contributed by atoms with E-state index in [4.69, 9.17) is 16.7 Å². The van der Waals surface area contributed by atoms with Crippen LogP contribution in [0.25, 0.3) is 0 Å². The first kappa shape index (κ1) is 12.2. The average Bonchev–Trinajstić information content (AvgIpc) is 2.69. The van der Waals surface area contributed by atoms with Gasteiger partial charge in [0.1, 0.15) is 0 Å². The van der Waals surface area contributed by atoms with Crippen LogP contribution in [0, 0.1) is 6.92 Å². The van der Waals surface area contributed by atoms with Crippen LogP contribution in [0.15, 0.2) is 18.2 Å². The minimum Gasteiger partial charge on any atom is -0.481 e. The van der Waals surface area contributed by atoms with Crippen molar-refractivity contribution in [2.24, 2.45) is 0 Å². The molecule has 1 atom stereocenters. The van der Waals surface area contributed by atoms with Crippen molar-refractivity contribution in [2.75, 3.05) is 11.4 Å². The molecule has 4 heteroatoms. The highest BCUT2D eigenvalue weighted by Gasteiger charge is 2.26. The summed E-state index contributed by atoms with van der Waals surface area (Å²) in [6, 6.07) is 6.03. The summed E-state index contributed by atoms with van der Waals surface area (Å²) in [5.74, 6) is -0.736. The van der Waals surface area contributed by atoms with Gasteiger partial charge in [-0.15, -0.1) is 0 Å². The van der Waals surface area contributed by atoms with E-state index >= 15 is 0 Å². The minimum atomic E-state index is -0.736. The fraction of sp³-hybridized carbons (Fsp3) is 0.462. The molecule has 0 aliphatic carbocycles. The highest BCUT2D eigenvalue weighted by molar-refractivity contribution is 6.31. The van der Waals surface area contributed by atoms with Crippen LogP contribution in [-0.2, 0) is 4.79 Å². The third-order valence-electron chi connectivity index (χ3n) is 3.27. The number of aryl methyl sites for hydroxylation is 1. The number of anilines is 1. The molecule has 92 valence electrons. The predicted octanol–water partition coefficient (Wildman–Crippen LogP) is 3.09. The summed E-state index contributed by atoms with van der Waals surface area (Å²) < 4.78 is 0. The van der Waals surface area contributed by atoms with Crippen LogP contribution in [0.1, 0.15) is 24.8 Å². The minimum absolute atomic E-state index is 0.103. The molecule has 1 unspecified atom stereocenters. The quantitative estimate of drug-likeness (QED) is 0.900. The van der Waals surface area contributed by atoms with Crippen molar-refractivity contribution in [1.29, 1.82) is 0 Å². The maximum atomic E-state index is 10.8. The summed E-state index contributed by atoms with van der Waals surface area (Å²) in [4.78, 5) is 13.0. The van der Waals surface area contributed by atoms with Gasteiger partial charge in [-0.25, -0.2) is 0 Å². The van der Waals surface area contributed by atoms with Gasteiger partial charge in [0.25, 0.3) is 0 Å². The molecule has 1 aliphatic heterocycles. The summed E-state index contributed by atoms with van der Waals surface area (Å²) in [5.41, 5.74) is 2.08. The largest absolute Gasteiger partial charge is 0.481 e. The molecule has 17 heavy (non-hydrogen) atoms. The molecular formula is C13H16ClNO2. The van der Waals surface area contributed by atoms with Gasteiger partial charge in [0.05, 0.1) is 6.42 Å². The Morgan fingerprint density at radius 1 is 1.59 bits per heavy atom. The monoisotopic (exact) mass is 253 g/mol. The number of halogens is 1. The lowest BCUT2D eigenvalue weighted by Gasteiger charge is -2.26. The summed E-state index contributed by atoms with van der Waals surface area (Å²) >= 11 is 6.10. The van der Waals surface area contributed by atoms with E-state index in [1.807, 2.05) is 25.1 Å². The lowest BCUT2D eigenvalue weighted by molar-refractivity contribution is -0.137. The first-order valence-electron chi connectivity index (χ1n) is 5.82. The van der Waals surface area contributed by atoms with Crippen LogP contribution < -0.4 is 4.90 Å². The summed E-state index contributed by atoms with van der Waals surface area (Å²) in [6.07, 6.45) is 2.19. The van der Waals surface area contributed by atoms with Crippen molar-refractivity contribution in [2.45, 2.75) is 32.2 Å². The van der Waals surface area contributed by atoms with Gasteiger partial charge in [-0.2, -0.15) is 0 Å². The summed E-state index contributed by atoms with van der Waals surface area (Å²) in [6.45, 7) is 2.88. The van der Waals surface area contributed by atoms with Gasteiger partial charge in [-0.1, -0.05) is 17.7 Å². The van der Waals surface area contributed by atoms with Crippen molar-refractivity contribution in [1.82, 2.24) is 0 Å². The van der Waals surface area contributed by atoms with Gasteiger partial charge < -0.3 is 10.0 Å².